The van der Waals surface area contributed by atoms with Gasteiger partial charge in [-0.2, -0.15) is 0 Å². The molecule has 0 aliphatic rings. The summed E-state index contributed by atoms with van der Waals surface area (Å²) < 4.78 is 8.68. The largest absolute Gasteiger partial charge is 0.456 e. The number of hydrogen-bond acceptors (Lipinski definition) is 1. The van der Waals surface area contributed by atoms with E-state index in [1.54, 1.807) is 0 Å². The number of aromatic nitrogens is 1. The molecule has 0 fully saturated rings. The highest BCUT2D eigenvalue weighted by atomic mass is 16.3. The van der Waals surface area contributed by atoms with Crippen molar-refractivity contribution >= 4 is 43.7 Å². The normalized spacial score (nSPS) is 11.6. The third-order valence-corrected chi connectivity index (χ3v) is 9.99. The van der Waals surface area contributed by atoms with Crippen LogP contribution in [0.15, 0.2) is 192 Å². The van der Waals surface area contributed by atoms with E-state index in [9.17, 15) is 0 Å². The molecule has 234 valence electrons. The van der Waals surface area contributed by atoms with Gasteiger partial charge in [0.2, 0.25) is 0 Å². The quantitative estimate of drug-likeness (QED) is 0.184. The summed E-state index contributed by atoms with van der Waals surface area (Å²) >= 11 is 0. The first-order valence-electron chi connectivity index (χ1n) is 17.1. The highest BCUT2D eigenvalue weighted by Gasteiger charge is 2.16. The maximum atomic E-state index is 6.25. The summed E-state index contributed by atoms with van der Waals surface area (Å²) in [6.45, 7) is 0. The lowest BCUT2D eigenvalue weighted by atomic mass is 9.96. The lowest BCUT2D eigenvalue weighted by molar-refractivity contribution is 0.669. The van der Waals surface area contributed by atoms with Crippen LogP contribution in [0.25, 0.3) is 93.9 Å². The van der Waals surface area contributed by atoms with Crippen molar-refractivity contribution in [3.63, 3.8) is 0 Å². The zero-order valence-corrected chi connectivity index (χ0v) is 27.3. The smallest absolute Gasteiger partial charge is 0.136 e. The van der Waals surface area contributed by atoms with Gasteiger partial charge in [-0.15, -0.1) is 0 Å². The zero-order chi connectivity index (χ0) is 33.0. The van der Waals surface area contributed by atoms with Crippen LogP contribution in [0.1, 0.15) is 0 Å². The van der Waals surface area contributed by atoms with Crippen LogP contribution >= 0.6 is 0 Å². The molecule has 0 aliphatic heterocycles. The molecule has 2 aromatic heterocycles. The third kappa shape index (κ3) is 4.73. The van der Waals surface area contributed by atoms with E-state index in [4.69, 9.17) is 4.42 Å². The fraction of sp³-hybridized carbons (Fsp3) is 0. The van der Waals surface area contributed by atoms with Gasteiger partial charge in [0.05, 0.1) is 11.0 Å². The Morgan fingerprint density at radius 3 is 1.52 bits per heavy atom. The van der Waals surface area contributed by atoms with Gasteiger partial charge in [-0.1, -0.05) is 133 Å². The molecule has 0 N–H and O–H groups in total. The Labute approximate surface area is 290 Å². The molecule has 0 amide bonds. The van der Waals surface area contributed by atoms with Crippen LogP contribution in [-0.2, 0) is 0 Å². The minimum Gasteiger partial charge on any atom is -0.456 e. The Kier molecular flexibility index (Phi) is 6.53. The van der Waals surface area contributed by atoms with E-state index in [0.717, 1.165) is 33.2 Å². The molecule has 2 heteroatoms. The molecule has 0 atom stereocenters. The van der Waals surface area contributed by atoms with E-state index in [-0.39, 0.29) is 0 Å². The Morgan fingerprint density at radius 1 is 0.280 bits per heavy atom. The fourth-order valence-electron chi connectivity index (χ4n) is 7.53. The number of rotatable bonds is 5. The predicted molar refractivity (Wildman–Crippen MR) is 210 cm³/mol. The molecule has 0 radical (unpaired) electrons. The Hall–Kier alpha value is -6.64. The van der Waals surface area contributed by atoms with Crippen molar-refractivity contribution in [1.82, 2.24) is 4.57 Å². The molecule has 2 heterocycles. The average molecular weight is 638 g/mol. The number of benzene rings is 8. The lowest BCUT2D eigenvalue weighted by Crippen LogP contribution is -1.96. The highest BCUT2D eigenvalue weighted by Crippen LogP contribution is 2.39. The molecule has 0 unspecified atom stereocenters. The Morgan fingerprint density at radius 2 is 0.780 bits per heavy atom. The van der Waals surface area contributed by atoms with Gasteiger partial charge >= 0.3 is 0 Å². The van der Waals surface area contributed by atoms with Gasteiger partial charge < -0.3 is 8.98 Å². The summed E-state index contributed by atoms with van der Waals surface area (Å²) in [5.74, 6) is 0. The first-order valence-corrected chi connectivity index (χ1v) is 17.1. The van der Waals surface area contributed by atoms with Gasteiger partial charge in [-0.25, -0.2) is 0 Å². The minimum absolute atomic E-state index is 0.910. The number of fused-ring (bicyclic) bond motifs is 6. The fourth-order valence-corrected chi connectivity index (χ4v) is 7.53. The summed E-state index contributed by atoms with van der Waals surface area (Å²) in [7, 11) is 0. The van der Waals surface area contributed by atoms with Crippen LogP contribution in [0, 0.1) is 0 Å². The van der Waals surface area contributed by atoms with Crippen LogP contribution in [0.4, 0.5) is 0 Å². The minimum atomic E-state index is 0.910. The average Bonchev–Trinajstić information content (AvgIpc) is 3.73. The summed E-state index contributed by atoms with van der Waals surface area (Å²) in [4.78, 5) is 0. The van der Waals surface area contributed by atoms with Gasteiger partial charge in [0.1, 0.15) is 11.2 Å². The molecule has 10 aromatic rings. The second-order valence-corrected chi connectivity index (χ2v) is 13.0. The standard InChI is InChI=1S/C48H31NO/c1-3-11-32(12-4-1)34-19-21-35(22-20-34)39-27-38(33-13-5-2-6-14-33)28-40(29-39)49-45-17-9-7-15-41(45)44-30-36(24-26-46(44)49)37-23-25-43-42-16-8-10-18-47(42)50-48(43)31-37/h1-31H. The molecular formula is C48H31NO. The molecule has 8 aromatic carbocycles. The Balaban J connectivity index is 1.14. The molecule has 0 bridgehead atoms. The van der Waals surface area contributed by atoms with Crippen molar-refractivity contribution in [2.24, 2.45) is 0 Å². The van der Waals surface area contributed by atoms with Crippen molar-refractivity contribution in [3.05, 3.63) is 188 Å². The van der Waals surface area contributed by atoms with E-state index in [1.807, 2.05) is 12.1 Å². The predicted octanol–water partition coefficient (Wildman–Crippen LogP) is 13.4. The SMILES string of the molecule is c1ccc(-c2ccc(-c3cc(-c4ccccc4)cc(-n4c5ccccc5c5cc(-c6ccc7c(c6)oc6ccccc67)ccc54)c3)cc2)cc1. The van der Waals surface area contributed by atoms with Crippen molar-refractivity contribution in [1.29, 1.82) is 0 Å². The maximum absolute atomic E-state index is 6.25. The molecule has 10 rings (SSSR count). The van der Waals surface area contributed by atoms with Gasteiger partial charge in [-0.3, -0.25) is 0 Å². The molecular weight excluding hydrogens is 607 g/mol. The van der Waals surface area contributed by atoms with Gasteiger partial charge in [-0.05, 0) is 99.1 Å². The monoisotopic (exact) mass is 637 g/mol. The summed E-state index contributed by atoms with van der Waals surface area (Å²) in [6, 6.07) is 67.6. The van der Waals surface area contributed by atoms with Crippen molar-refractivity contribution in [2.75, 3.05) is 0 Å². The molecule has 2 nitrogen and oxygen atoms in total. The number of para-hydroxylation sites is 2. The summed E-state index contributed by atoms with van der Waals surface area (Å²) in [5.41, 5.74) is 14.8. The van der Waals surface area contributed by atoms with E-state index < -0.39 is 0 Å². The van der Waals surface area contributed by atoms with Gasteiger partial charge in [0.15, 0.2) is 0 Å². The van der Waals surface area contributed by atoms with Crippen LogP contribution < -0.4 is 0 Å². The summed E-state index contributed by atoms with van der Waals surface area (Å²) in [5, 5.41) is 4.75. The number of nitrogens with zero attached hydrogens (tertiary/aromatic N) is 1. The van der Waals surface area contributed by atoms with Gasteiger partial charge in [0.25, 0.3) is 0 Å². The van der Waals surface area contributed by atoms with E-state index >= 15 is 0 Å². The van der Waals surface area contributed by atoms with Crippen molar-refractivity contribution < 1.29 is 4.42 Å². The van der Waals surface area contributed by atoms with Crippen LogP contribution in [-0.4, -0.2) is 4.57 Å². The first kappa shape index (κ1) is 28.4. The zero-order valence-electron chi connectivity index (χ0n) is 27.3. The topological polar surface area (TPSA) is 18.1 Å². The first-order chi connectivity index (χ1) is 24.8. The Bertz CT molecular complexity index is 2840. The van der Waals surface area contributed by atoms with Crippen LogP contribution in [0.2, 0.25) is 0 Å². The second-order valence-electron chi connectivity index (χ2n) is 13.0. The summed E-state index contributed by atoms with van der Waals surface area (Å²) in [6.07, 6.45) is 0. The second kappa shape index (κ2) is 11.5. The van der Waals surface area contributed by atoms with E-state index in [1.165, 1.54) is 60.8 Å². The van der Waals surface area contributed by atoms with E-state index in [0.29, 0.717) is 0 Å². The lowest BCUT2D eigenvalue weighted by Gasteiger charge is -2.14. The molecule has 0 aliphatic carbocycles. The van der Waals surface area contributed by atoms with Crippen LogP contribution in [0.3, 0.4) is 0 Å². The molecule has 0 saturated heterocycles. The van der Waals surface area contributed by atoms with E-state index in [2.05, 4.69) is 180 Å². The van der Waals surface area contributed by atoms with Crippen molar-refractivity contribution in [2.45, 2.75) is 0 Å². The molecule has 50 heavy (non-hydrogen) atoms. The van der Waals surface area contributed by atoms with Crippen molar-refractivity contribution in [3.8, 4) is 50.2 Å². The van der Waals surface area contributed by atoms with Gasteiger partial charge in [0, 0.05) is 27.2 Å². The third-order valence-electron chi connectivity index (χ3n) is 9.99. The highest BCUT2D eigenvalue weighted by molar-refractivity contribution is 6.11. The van der Waals surface area contributed by atoms with Crippen LogP contribution in [0.5, 0.6) is 0 Å². The number of hydrogen-bond donors (Lipinski definition) is 0. The number of furan rings is 1. The maximum Gasteiger partial charge on any atom is 0.136 e. The molecule has 0 saturated carbocycles. The molecule has 0 spiro atoms.